The summed E-state index contributed by atoms with van der Waals surface area (Å²) in [5.41, 5.74) is 5.96. The Morgan fingerprint density at radius 3 is 2.93 bits per heavy atom. The SMILES string of the molecule is C[C@H](N)C(=O)N1CCC2(CCNC2)C1. The predicted octanol–water partition coefficient (Wildman–Crippen LogP) is -0.454. The second-order valence-corrected chi connectivity index (χ2v) is 4.73. The molecule has 0 aromatic heterocycles. The van der Waals surface area contributed by atoms with Gasteiger partial charge in [-0.25, -0.2) is 0 Å². The molecule has 1 unspecified atom stereocenters. The second-order valence-electron chi connectivity index (χ2n) is 4.73. The highest BCUT2D eigenvalue weighted by Gasteiger charge is 2.42. The Balaban J connectivity index is 1.97. The number of nitrogens with two attached hydrogens (primary N) is 1. The molecule has 4 nitrogen and oxygen atoms in total. The minimum absolute atomic E-state index is 0.105. The third-order valence-corrected chi connectivity index (χ3v) is 3.47. The minimum atomic E-state index is -0.348. The maximum absolute atomic E-state index is 11.7. The molecule has 2 atom stereocenters. The Labute approximate surface area is 84.8 Å². The Kier molecular flexibility index (Phi) is 2.49. The van der Waals surface area contributed by atoms with Crippen molar-refractivity contribution in [3.05, 3.63) is 0 Å². The van der Waals surface area contributed by atoms with Gasteiger partial charge in [0.05, 0.1) is 6.04 Å². The maximum Gasteiger partial charge on any atom is 0.239 e. The van der Waals surface area contributed by atoms with E-state index in [0.717, 1.165) is 32.6 Å². The zero-order chi connectivity index (χ0) is 10.2. The summed E-state index contributed by atoms with van der Waals surface area (Å²) in [5.74, 6) is 0.105. The second kappa shape index (κ2) is 3.51. The van der Waals surface area contributed by atoms with Crippen molar-refractivity contribution in [2.45, 2.75) is 25.8 Å². The van der Waals surface area contributed by atoms with Crippen molar-refractivity contribution in [1.29, 1.82) is 0 Å². The zero-order valence-electron chi connectivity index (χ0n) is 8.75. The molecule has 0 bridgehead atoms. The first-order chi connectivity index (χ1) is 6.63. The van der Waals surface area contributed by atoms with Crippen molar-refractivity contribution >= 4 is 5.91 Å². The summed E-state index contributed by atoms with van der Waals surface area (Å²) in [7, 11) is 0. The Morgan fingerprint density at radius 2 is 2.36 bits per heavy atom. The molecule has 0 aromatic carbocycles. The summed E-state index contributed by atoms with van der Waals surface area (Å²) >= 11 is 0. The predicted molar refractivity (Wildman–Crippen MR) is 54.8 cm³/mol. The molecule has 4 heteroatoms. The van der Waals surface area contributed by atoms with E-state index in [9.17, 15) is 4.79 Å². The number of rotatable bonds is 1. The average Bonchev–Trinajstić information content (AvgIpc) is 2.76. The van der Waals surface area contributed by atoms with Crippen LogP contribution in [0.2, 0.25) is 0 Å². The van der Waals surface area contributed by atoms with Gasteiger partial charge in [0.15, 0.2) is 0 Å². The molecule has 2 heterocycles. The number of nitrogens with one attached hydrogen (secondary N) is 1. The topological polar surface area (TPSA) is 58.4 Å². The number of nitrogens with zero attached hydrogens (tertiary/aromatic N) is 1. The van der Waals surface area contributed by atoms with Crippen molar-refractivity contribution < 1.29 is 4.79 Å². The average molecular weight is 197 g/mol. The highest BCUT2D eigenvalue weighted by atomic mass is 16.2. The normalized spacial score (nSPS) is 34.0. The monoisotopic (exact) mass is 197 g/mol. The van der Waals surface area contributed by atoms with E-state index >= 15 is 0 Å². The zero-order valence-corrected chi connectivity index (χ0v) is 8.75. The lowest BCUT2D eigenvalue weighted by Crippen LogP contribution is -2.42. The Hall–Kier alpha value is -0.610. The molecule has 0 aromatic rings. The smallest absolute Gasteiger partial charge is 0.239 e. The van der Waals surface area contributed by atoms with Crippen LogP contribution in [0.3, 0.4) is 0 Å². The minimum Gasteiger partial charge on any atom is -0.341 e. The number of hydrogen-bond donors (Lipinski definition) is 2. The van der Waals surface area contributed by atoms with E-state index in [4.69, 9.17) is 5.73 Å². The first kappa shape index (κ1) is 9.93. The van der Waals surface area contributed by atoms with Crippen LogP contribution in [0.4, 0.5) is 0 Å². The molecule has 2 rings (SSSR count). The van der Waals surface area contributed by atoms with Crippen LogP contribution in [0.25, 0.3) is 0 Å². The van der Waals surface area contributed by atoms with Crippen molar-refractivity contribution in [2.75, 3.05) is 26.2 Å². The van der Waals surface area contributed by atoms with E-state index in [2.05, 4.69) is 5.32 Å². The molecule has 2 aliphatic heterocycles. The van der Waals surface area contributed by atoms with E-state index in [1.165, 1.54) is 6.42 Å². The maximum atomic E-state index is 11.7. The van der Waals surface area contributed by atoms with Gasteiger partial charge in [0.2, 0.25) is 5.91 Å². The lowest BCUT2D eigenvalue weighted by Gasteiger charge is -2.23. The van der Waals surface area contributed by atoms with Crippen LogP contribution in [-0.4, -0.2) is 43.0 Å². The van der Waals surface area contributed by atoms with Crippen molar-refractivity contribution in [3.63, 3.8) is 0 Å². The molecular formula is C10H19N3O. The molecule has 1 amide bonds. The van der Waals surface area contributed by atoms with Gasteiger partial charge in [0.25, 0.3) is 0 Å². The molecule has 2 saturated heterocycles. The molecule has 80 valence electrons. The van der Waals surface area contributed by atoms with E-state index in [-0.39, 0.29) is 11.9 Å². The van der Waals surface area contributed by atoms with Crippen LogP contribution in [-0.2, 0) is 4.79 Å². The van der Waals surface area contributed by atoms with Gasteiger partial charge in [-0.15, -0.1) is 0 Å². The summed E-state index contributed by atoms with van der Waals surface area (Å²) in [6.07, 6.45) is 2.34. The molecular weight excluding hydrogens is 178 g/mol. The van der Waals surface area contributed by atoms with Gasteiger partial charge in [-0.05, 0) is 26.3 Å². The van der Waals surface area contributed by atoms with Crippen LogP contribution >= 0.6 is 0 Å². The van der Waals surface area contributed by atoms with Crippen LogP contribution in [0, 0.1) is 5.41 Å². The number of hydrogen-bond acceptors (Lipinski definition) is 3. The molecule has 1 spiro atoms. The van der Waals surface area contributed by atoms with Gasteiger partial charge in [0, 0.05) is 25.0 Å². The quantitative estimate of drug-likeness (QED) is 0.598. The number of carbonyl (C=O) groups is 1. The lowest BCUT2D eigenvalue weighted by atomic mass is 9.86. The number of likely N-dealkylation sites (tertiary alicyclic amines) is 1. The van der Waals surface area contributed by atoms with Crippen molar-refractivity contribution in [3.8, 4) is 0 Å². The molecule has 14 heavy (non-hydrogen) atoms. The largest absolute Gasteiger partial charge is 0.341 e. The lowest BCUT2D eigenvalue weighted by molar-refractivity contribution is -0.131. The highest BCUT2D eigenvalue weighted by Crippen LogP contribution is 2.35. The van der Waals surface area contributed by atoms with Crippen LogP contribution in [0.1, 0.15) is 19.8 Å². The molecule has 0 aliphatic carbocycles. The van der Waals surface area contributed by atoms with E-state index in [1.807, 2.05) is 4.90 Å². The first-order valence-electron chi connectivity index (χ1n) is 5.38. The highest BCUT2D eigenvalue weighted by molar-refractivity contribution is 5.81. The molecule has 0 saturated carbocycles. The van der Waals surface area contributed by atoms with E-state index in [0.29, 0.717) is 5.41 Å². The third-order valence-electron chi connectivity index (χ3n) is 3.47. The molecule has 2 aliphatic rings. The summed E-state index contributed by atoms with van der Waals surface area (Å²) < 4.78 is 0. The third kappa shape index (κ3) is 1.64. The standard InChI is InChI=1S/C10H19N3O/c1-8(11)9(14)13-5-3-10(7-13)2-4-12-6-10/h8,12H,2-7,11H2,1H3/t8-,10?/m0/s1. The number of amides is 1. The van der Waals surface area contributed by atoms with Gasteiger partial charge in [-0.3, -0.25) is 4.79 Å². The van der Waals surface area contributed by atoms with E-state index in [1.54, 1.807) is 6.92 Å². The van der Waals surface area contributed by atoms with Crippen LogP contribution in [0.5, 0.6) is 0 Å². The first-order valence-corrected chi connectivity index (χ1v) is 5.38. The summed E-state index contributed by atoms with van der Waals surface area (Å²) in [4.78, 5) is 13.6. The summed E-state index contributed by atoms with van der Waals surface area (Å²) in [5, 5.41) is 3.37. The van der Waals surface area contributed by atoms with Gasteiger partial charge in [0.1, 0.15) is 0 Å². The fourth-order valence-electron chi connectivity index (χ4n) is 2.56. The van der Waals surface area contributed by atoms with Gasteiger partial charge in [-0.1, -0.05) is 0 Å². The van der Waals surface area contributed by atoms with Crippen molar-refractivity contribution in [2.24, 2.45) is 11.1 Å². The molecule has 2 fully saturated rings. The summed E-state index contributed by atoms with van der Waals surface area (Å²) in [6, 6.07) is -0.348. The summed E-state index contributed by atoms with van der Waals surface area (Å²) in [6.45, 7) is 5.72. The van der Waals surface area contributed by atoms with Gasteiger partial charge in [-0.2, -0.15) is 0 Å². The van der Waals surface area contributed by atoms with Gasteiger partial charge >= 0.3 is 0 Å². The Bertz CT molecular complexity index is 234. The van der Waals surface area contributed by atoms with Crippen molar-refractivity contribution in [1.82, 2.24) is 10.2 Å². The Morgan fingerprint density at radius 1 is 1.57 bits per heavy atom. The van der Waals surface area contributed by atoms with Crippen LogP contribution in [0.15, 0.2) is 0 Å². The van der Waals surface area contributed by atoms with E-state index < -0.39 is 0 Å². The molecule has 0 radical (unpaired) electrons. The van der Waals surface area contributed by atoms with Crippen LogP contribution < -0.4 is 11.1 Å². The fourth-order valence-corrected chi connectivity index (χ4v) is 2.56. The van der Waals surface area contributed by atoms with Gasteiger partial charge < -0.3 is 16.0 Å². The number of carbonyl (C=O) groups excluding carboxylic acids is 1. The fraction of sp³-hybridized carbons (Fsp3) is 0.900. The molecule has 3 N–H and O–H groups in total.